The van der Waals surface area contributed by atoms with E-state index in [1.54, 1.807) is 0 Å². The molecule has 0 fully saturated rings. The van der Waals surface area contributed by atoms with Crippen LogP contribution in [0.2, 0.25) is 0 Å². The Bertz CT molecular complexity index is 3870. The van der Waals surface area contributed by atoms with Crippen molar-refractivity contribution in [2.45, 2.75) is 0 Å². The summed E-state index contributed by atoms with van der Waals surface area (Å²) in [6, 6.07) is 98.1. The van der Waals surface area contributed by atoms with Crippen LogP contribution in [0, 0.1) is 0 Å². The summed E-state index contributed by atoms with van der Waals surface area (Å²) in [7, 11) is 0. The van der Waals surface area contributed by atoms with Crippen molar-refractivity contribution in [3.05, 3.63) is 300 Å². The molecule has 0 atom stereocenters. The third-order valence-corrected chi connectivity index (χ3v) is 14.2. The monoisotopic (exact) mass is 886 g/mol. The Hall–Kier alpha value is -9.10. The van der Waals surface area contributed by atoms with Crippen LogP contribution < -0.4 is 0 Å². The SMILES string of the molecule is C(=C(\c1ccc(-c2c3ccccc3c(-c3ccc(/C(=C/c4ccc5ccccc5c4)c4ccc5ccccc5c4)cc3)c3ccccc23)cc1)c1ccc2ccccc2c1)/c1ccc2ccccc2c1. The maximum Gasteiger partial charge on any atom is -0.00264 e. The summed E-state index contributed by atoms with van der Waals surface area (Å²) in [5, 5.41) is 14.9. The predicted molar refractivity (Wildman–Crippen MR) is 302 cm³/mol. The molecule has 0 heterocycles. The molecule has 70 heavy (non-hydrogen) atoms. The Morgan fingerprint density at radius 3 is 0.829 bits per heavy atom. The lowest BCUT2D eigenvalue weighted by Crippen LogP contribution is -1.93. The van der Waals surface area contributed by atoms with Crippen molar-refractivity contribution in [2.75, 3.05) is 0 Å². The van der Waals surface area contributed by atoms with Crippen LogP contribution in [0.15, 0.2) is 267 Å². The first-order chi connectivity index (χ1) is 34.7. The van der Waals surface area contributed by atoms with E-state index in [0.29, 0.717) is 0 Å². The van der Waals surface area contributed by atoms with Gasteiger partial charge in [0.05, 0.1) is 0 Å². The second-order valence-corrected chi connectivity index (χ2v) is 18.4. The van der Waals surface area contributed by atoms with Crippen LogP contribution in [0.4, 0.5) is 0 Å². The second-order valence-electron chi connectivity index (χ2n) is 18.4. The molecule has 0 radical (unpaired) electrons. The van der Waals surface area contributed by atoms with Gasteiger partial charge in [-0.05, 0) is 168 Å². The van der Waals surface area contributed by atoms with Crippen LogP contribution in [-0.4, -0.2) is 0 Å². The molecule has 13 aromatic carbocycles. The zero-order valence-electron chi connectivity index (χ0n) is 38.6. The Morgan fingerprint density at radius 2 is 0.486 bits per heavy atom. The van der Waals surface area contributed by atoms with Crippen LogP contribution in [-0.2, 0) is 0 Å². The van der Waals surface area contributed by atoms with Crippen LogP contribution in [0.3, 0.4) is 0 Å². The number of fused-ring (bicyclic) bond motifs is 6. The predicted octanol–water partition coefficient (Wildman–Crippen LogP) is 19.1. The van der Waals surface area contributed by atoms with Gasteiger partial charge in [0.1, 0.15) is 0 Å². The smallest absolute Gasteiger partial charge is 0.00264 e. The van der Waals surface area contributed by atoms with E-state index in [1.165, 1.54) is 131 Å². The van der Waals surface area contributed by atoms with Gasteiger partial charge in [0.2, 0.25) is 0 Å². The molecule has 0 saturated heterocycles. The third-order valence-electron chi connectivity index (χ3n) is 14.2. The molecule has 326 valence electrons. The van der Waals surface area contributed by atoms with Gasteiger partial charge in [-0.1, -0.05) is 243 Å². The van der Waals surface area contributed by atoms with Crippen LogP contribution in [0.25, 0.3) is 110 Å². The minimum Gasteiger partial charge on any atom is -0.0616 e. The summed E-state index contributed by atoms with van der Waals surface area (Å²) in [6.07, 6.45) is 4.70. The summed E-state index contributed by atoms with van der Waals surface area (Å²) in [4.78, 5) is 0. The van der Waals surface area contributed by atoms with Gasteiger partial charge < -0.3 is 0 Å². The maximum atomic E-state index is 2.35. The fourth-order valence-corrected chi connectivity index (χ4v) is 10.7. The summed E-state index contributed by atoms with van der Waals surface area (Å²) in [6.45, 7) is 0. The third kappa shape index (κ3) is 7.63. The van der Waals surface area contributed by atoms with Gasteiger partial charge in [-0.3, -0.25) is 0 Å². The molecule has 0 aliphatic carbocycles. The molecule has 0 heteroatoms. The Kier molecular flexibility index (Phi) is 10.3. The van der Waals surface area contributed by atoms with Gasteiger partial charge >= 0.3 is 0 Å². The van der Waals surface area contributed by atoms with Crippen molar-refractivity contribution in [2.24, 2.45) is 0 Å². The van der Waals surface area contributed by atoms with Gasteiger partial charge in [0, 0.05) is 0 Å². The highest BCUT2D eigenvalue weighted by atomic mass is 14.2. The molecular formula is C70H46. The molecular weight excluding hydrogens is 841 g/mol. The average molecular weight is 887 g/mol. The van der Waals surface area contributed by atoms with E-state index in [9.17, 15) is 0 Å². The first-order valence-electron chi connectivity index (χ1n) is 24.2. The molecule has 0 saturated carbocycles. The quantitative estimate of drug-likeness (QED) is 0.105. The van der Waals surface area contributed by atoms with E-state index >= 15 is 0 Å². The molecule has 0 N–H and O–H groups in total. The van der Waals surface area contributed by atoms with Gasteiger partial charge in [0.15, 0.2) is 0 Å². The van der Waals surface area contributed by atoms with E-state index < -0.39 is 0 Å². The first-order valence-corrected chi connectivity index (χ1v) is 24.2. The van der Waals surface area contributed by atoms with E-state index in [2.05, 4.69) is 279 Å². The first kappa shape index (κ1) is 41.1. The topological polar surface area (TPSA) is 0 Å². The average Bonchev–Trinajstić information content (AvgIpc) is 3.43. The molecule has 0 aliphatic heterocycles. The lowest BCUT2D eigenvalue weighted by molar-refractivity contribution is 1.56. The number of hydrogen-bond acceptors (Lipinski definition) is 0. The number of benzene rings is 13. The lowest BCUT2D eigenvalue weighted by atomic mass is 9.85. The van der Waals surface area contributed by atoms with Gasteiger partial charge in [-0.15, -0.1) is 0 Å². The largest absolute Gasteiger partial charge is 0.0616 e. The fourth-order valence-electron chi connectivity index (χ4n) is 10.7. The molecule has 0 aliphatic rings. The van der Waals surface area contributed by atoms with E-state index in [-0.39, 0.29) is 0 Å². The normalized spacial score (nSPS) is 12.2. The Morgan fingerprint density at radius 1 is 0.214 bits per heavy atom. The molecule has 0 unspecified atom stereocenters. The van der Waals surface area contributed by atoms with E-state index in [4.69, 9.17) is 0 Å². The zero-order chi connectivity index (χ0) is 46.4. The van der Waals surface area contributed by atoms with Crippen molar-refractivity contribution < 1.29 is 0 Å². The summed E-state index contributed by atoms with van der Waals surface area (Å²) >= 11 is 0. The van der Waals surface area contributed by atoms with Gasteiger partial charge in [0.25, 0.3) is 0 Å². The fraction of sp³-hybridized carbons (Fsp3) is 0. The highest BCUT2D eigenvalue weighted by Crippen LogP contribution is 2.45. The molecule has 0 bridgehead atoms. The van der Waals surface area contributed by atoms with Crippen molar-refractivity contribution >= 4 is 87.9 Å². The maximum absolute atomic E-state index is 2.35. The lowest BCUT2D eigenvalue weighted by Gasteiger charge is -2.19. The Balaban J connectivity index is 0.917. The highest BCUT2D eigenvalue weighted by Gasteiger charge is 2.18. The molecule has 13 rings (SSSR count). The van der Waals surface area contributed by atoms with Crippen molar-refractivity contribution in [3.63, 3.8) is 0 Å². The minimum atomic E-state index is 1.18. The van der Waals surface area contributed by atoms with Crippen LogP contribution in [0.5, 0.6) is 0 Å². The summed E-state index contributed by atoms with van der Waals surface area (Å²) < 4.78 is 0. The van der Waals surface area contributed by atoms with Crippen LogP contribution >= 0.6 is 0 Å². The van der Waals surface area contributed by atoms with E-state index in [0.717, 1.165) is 0 Å². The molecule has 0 nitrogen and oxygen atoms in total. The van der Waals surface area contributed by atoms with Crippen molar-refractivity contribution in [1.29, 1.82) is 0 Å². The van der Waals surface area contributed by atoms with Gasteiger partial charge in [-0.2, -0.15) is 0 Å². The van der Waals surface area contributed by atoms with Crippen LogP contribution in [0.1, 0.15) is 33.4 Å². The van der Waals surface area contributed by atoms with Crippen molar-refractivity contribution in [1.82, 2.24) is 0 Å². The number of hydrogen-bond donors (Lipinski definition) is 0. The highest BCUT2D eigenvalue weighted by molar-refractivity contribution is 6.21. The summed E-state index contributed by atoms with van der Waals surface area (Å²) in [5.41, 5.74) is 14.4. The second kappa shape index (κ2) is 17.5. The number of rotatable bonds is 8. The molecule has 0 aromatic heterocycles. The minimum absolute atomic E-state index is 1.18. The summed E-state index contributed by atoms with van der Waals surface area (Å²) in [5.74, 6) is 0. The van der Waals surface area contributed by atoms with E-state index in [1.807, 2.05) is 0 Å². The Labute approximate surface area is 408 Å². The molecule has 0 spiro atoms. The van der Waals surface area contributed by atoms with Crippen molar-refractivity contribution in [3.8, 4) is 22.3 Å². The zero-order valence-corrected chi connectivity index (χ0v) is 38.6. The standard InChI is InChI=1S/C70H46/c1-5-17-57-41-47(25-27-49(57)13-1)43-67(61-39-29-51-15-3-7-19-59(51)45-61)53-31-35-55(36-32-53)69-63-21-9-11-23-65(63)70(66-24-12-10-22-64(66)69)56-37-33-54(34-38-56)68(62-40-30-52-16-4-8-20-60(52)46-62)44-48-26-28-50-14-2-6-18-58(50)42-48/h1-46H/b67-43-,68-44-. The molecule has 0 amide bonds. The van der Waals surface area contributed by atoms with Gasteiger partial charge in [-0.25, -0.2) is 0 Å². The molecule has 13 aromatic rings.